The first kappa shape index (κ1) is 20.3. The molecule has 5 nitrogen and oxygen atoms in total. The van der Waals surface area contributed by atoms with E-state index in [1.807, 2.05) is 12.3 Å². The van der Waals surface area contributed by atoms with Gasteiger partial charge in [0.25, 0.3) is 5.56 Å². The van der Waals surface area contributed by atoms with E-state index in [2.05, 4.69) is 50.0 Å². The normalized spacial score (nSPS) is 11.9. The summed E-state index contributed by atoms with van der Waals surface area (Å²) < 4.78 is 1.64. The molecular formula is C22H26N2O3S. The molecule has 28 heavy (non-hydrogen) atoms. The second-order valence-electron chi connectivity index (χ2n) is 7.99. The predicted molar refractivity (Wildman–Crippen MR) is 114 cm³/mol. The van der Waals surface area contributed by atoms with Crippen molar-refractivity contribution in [1.29, 1.82) is 0 Å². The van der Waals surface area contributed by atoms with Crippen molar-refractivity contribution in [2.45, 2.75) is 58.9 Å². The van der Waals surface area contributed by atoms with Crippen LogP contribution in [0.15, 0.2) is 34.4 Å². The topological polar surface area (TPSA) is 72.2 Å². The number of carbonyl (C=O) groups is 1. The van der Waals surface area contributed by atoms with E-state index in [-0.39, 0.29) is 17.4 Å². The van der Waals surface area contributed by atoms with Gasteiger partial charge in [0.1, 0.15) is 10.7 Å². The van der Waals surface area contributed by atoms with Crippen molar-refractivity contribution in [2.75, 3.05) is 0 Å². The zero-order valence-electron chi connectivity index (χ0n) is 16.8. The molecule has 3 aromatic rings. The Labute approximate surface area is 168 Å². The number of benzene rings is 1. The largest absolute Gasteiger partial charge is 0.481 e. The van der Waals surface area contributed by atoms with Crippen LogP contribution in [0.4, 0.5) is 0 Å². The maximum atomic E-state index is 13.2. The third-order valence-corrected chi connectivity index (χ3v) is 5.80. The van der Waals surface area contributed by atoms with Crippen molar-refractivity contribution in [3.63, 3.8) is 0 Å². The van der Waals surface area contributed by atoms with Crippen molar-refractivity contribution in [1.82, 2.24) is 9.55 Å². The number of aromatic nitrogens is 2. The Balaban J connectivity index is 2.07. The minimum atomic E-state index is -0.852. The molecular weight excluding hydrogens is 372 g/mol. The van der Waals surface area contributed by atoms with E-state index in [9.17, 15) is 9.59 Å². The maximum Gasteiger partial charge on any atom is 0.303 e. The molecule has 6 heteroatoms. The highest BCUT2D eigenvalue weighted by molar-refractivity contribution is 7.17. The Morgan fingerprint density at radius 3 is 2.46 bits per heavy atom. The monoisotopic (exact) mass is 398 g/mol. The first-order valence-electron chi connectivity index (χ1n) is 9.56. The van der Waals surface area contributed by atoms with Crippen LogP contribution in [0.25, 0.3) is 21.3 Å². The molecule has 0 amide bonds. The molecule has 0 aliphatic carbocycles. The van der Waals surface area contributed by atoms with Crippen LogP contribution in [0.2, 0.25) is 0 Å². The molecule has 2 heterocycles. The molecule has 0 saturated carbocycles. The maximum absolute atomic E-state index is 13.2. The van der Waals surface area contributed by atoms with Crippen molar-refractivity contribution in [3.8, 4) is 11.1 Å². The van der Waals surface area contributed by atoms with E-state index in [1.54, 1.807) is 4.57 Å². The number of fused-ring (bicyclic) bond motifs is 1. The van der Waals surface area contributed by atoms with Gasteiger partial charge in [-0.3, -0.25) is 14.2 Å². The van der Waals surface area contributed by atoms with Crippen LogP contribution < -0.4 is 5.56 Å². The lowest BCUT2D eigenvalue weighted by atomic mass is 9.86. The second-order valence-corrected chi connectivity index (χ2v) is 8.85. The minimum absolute atomic E-state index is 0.0401. The highest BCUT2D eigenvalue weighted by Crippen LogP contribution is 2.32. The molecule has 0 unspecified atom stereocenters. The van der Waals surface area contributed by atoms with E-state index in [1.165, 1.54) is 16.9 Å². The molecule has 0 aliphatic rings. The first-order chi connectivity index (χ1) is 13.2. The van der Waals surface area contributed by atoms with Crippen LogP contribution in [0.1, 0.15) is 51.9 Å². The van der Waals surface area contributed by atoms with Crippen LogP contribution in [0, 0.1) is 0 Å². The zero-order valence-corrected chi connectivity index (χ0v) is 17.6. The van der Waals surface area contributed by atoms with E-state index in [0.717, 1.165) is 16.0 Å². The Kier molecular flexibility index (Phi) is 5.70. The highest BCUT2D eigenvalue weighted by atomic mass is 32.1. The minimum Gasteiger partial charge on any atom is -0.481 e. The van der Waals surface area contributed by atoms with Crippen LogP contribution in [-0.4, -0.2) is 20.6 Å². The average molecular weight is 399 g/mol. The molecule has 3 rings (SSSR count). The highest BCUT2D eigenvalue weighted by Gasteiger charge is 2.18. The number of hydrogen-bond acceptors (Lipinski definition) is 4. The van der Waals surface area contributed by atoms with Gasteiger partial charge in [0.15, 0.2) is 0 Å². The summed E-state index contributed by atoms with van der Waals surface area (Å²) in [7, 11) is 0. The summed E-state index contributed by atoms with van der Waals surface area (Å²) in [5, 5.41) is 11.5. The molecule has 0 bridgehead atoms. The number of carboxylic acid groups (broad SMARTS) is 1. The SMILES string of the molecule is CCc1nc2scc(-c3ccc(C(C)(C)C)cc3)c2c(=O)n1CCCC(=O)O. The molecule has 0 radical (unpaired) electrons. The van der Waals surface area contributed by atoms with Gasteiger partial charge in [-0.25, -0.2) is 4.98 Å². The molecule has 2 aromatic heterocycles. The number of thiophene rings is 1. The Bertz CT molecular complexity index is 1060. The third-order valence-electron chi connectivity index (χ3n) is 4.92. The zero-order chi connectivity index (χ0) is 20.5. The third kappa shape index (κ3) is 4.02. The summed E-state index contributed by atoms with van der Waals surface area (Å²) in [5.41, 5.74) is 3.13. The fourth-order valence-electron chi connectivity index (χ4n) is 3.32. The number of aliphatic carboxylic acids is 1. The van der Waals surface area contributed by atoms with Gasteiger partial charge in [0.05, 0.1) is 5.39 Å². The van der Waals surface area contributed by atoms with Crippen molar-refractivity contribution >= 4 is 27.5 Å². The van der Waals surface area contributed by atoms with Crippen molar-refractivity contribution in [2.24, 2.45) is 0 Å². The number of nitrogens with zero attached hydrogens (tertiary/aromatic N) is 2. The van der Waals surface area contributed by atoms with Crippen LogP contribution in [-0.2, 0) is 23.2 Å². The number of hydrogen-bond donors (Lipinski definition) is 1. The predicted octanol–water partition coefficient (Wildman–Crippen LogP) is 4.85. The molecule has 0 atom stereocenters. The number of aryl methyl sites for hydroxylation is 1. The number of rotatable bonds is 6. The average Bonchev–Trinajstić information content (AvgIpc) is 3.06. The summed E-state index contributed by atoms with van der Waals surface area (Å²) in [6, 6.07) is 8.34. The standard InChI is InChI=1S/C22H26N2O3S/c1-5-17-23-20-19(21(27)24(17)12-6-7-18(25)26)16(13-28-20)14-8-10-15(11-9-14)22(2,3)4/h8-11,13H,5-7,12H2,1-4H3,(H,25,26). The van der Waals surface area contributed by atoms with Gasteiger partial charge in [-0.2, -0.15) is 0 Å². The molecule has 0 saturated heterocycles. The summed E-state index contributed by atoms with van der Waals surface area (Å²) in [6.45, 7) is 8.85. The second kappa shape index (κ2) is 7.87. The summed E-state index contributed by atoms with van der Waals surface area (Å²) in [6.07, 6.45) is 1.08. The Hall–Kier alpha value is -2.47. The van der Waals surface area contributed by atoms with Gasteiger partial charge in [0.2, 0.25) is 0 Å². The molecule has 0 fully saturated rings. The van der Waals surface area contributed by atoms with Gasteiger partial charge >= 0.3 is 5.97 Å². The van der Waals surface area contributed by atoms with Gasteiger partial charge in [-0.05, 0) is 23.0 Å². The van der Waals surface area contributed by atoms with E-state index in [0.29, 0.717) is 30.6 Å². The lowest BCUT2D eigenvalue weighted by molar-refractivity contribution is -0.137. The van der Waals surface area contributed by atoms with E-state index in [4.69, 9.17) is 5.11 Å². The van der Waals surface area contributed by atoms with Gasteiger partial charge in [-0.1, -0.05) is 52.0 Å². The molecule has 0 spiro atoms. The van der Waals surface area contributed by atoms with Crippen LogP contribution in [0.5, 0.6) is 0 Å². The first-order valence-corrected chi connectivity index (χ1v) is 10.4. The summed E-state index contributed by atoms with van der Waals surface area (Å²) in [5.74, 6) is -0.144. The van der Waals surface area contributed by atoms with Crippen molar-refractivity contribution in [3.05, 3.63) is 51.4 Å². The van der Waals surface area contributed by atoms with Gasteiger partial charge < -0.3 is 5.11 Å². The van der Waals surface area contributed by atoms with E-state index < -0.39 is 5.97 Å². The molecule has 148 valence electrons. The fraction of sp³-hybridized carbons (Fsp3) is 0.409. The fourth-order valence-corrected chi connectivity index (χ4v) is 4.27. The van der Waals surface area contributed by atoms with Gasteiger partial charge in [0, 0.05) is 30.3 Å². The van der Waals surface area contributed by atoms with Gasteiger partial charge in [-0.15, -0.1) is 11.3 Å². The quantitative estimate of drug-likeness (QED) is 0.644. The lowest BCUT2D eigenvalue weighted by Crippen LogP contribution is -2.25. The van der Waals surface area contributed by atoms with Crippen LogP contribution in [0.3, 0.4) is 0 Å². The van der Waals surface area contributed by atoms with Crippen molar-refractivity contribution < 1.29 is 9.90 Å². The Morgan fingerprint density at radius 1 is 1.21 bits per heavy atom. The molecule has 1 aromatic carbocycles. The van der Waals surface area contributed by atoms with Crippen LogP contribution >= 0.6 is 11.3 Å². The number of carboxylic acids is 1. The van der Waals surface area contributed by atoms with E-state index >= 15 is 0 Å². The molecule has 0 aliphatic heterocycles. The summed E-state index contributed by atoms with van der Waals surface area (Å²) in [4.78, 5) is 29.5. The molecule has 1 N–H and O–H groups in total. The smallest absolute Gasteiger partial charge is 0.303 e. The summed E-state index contributed by atoms with van der Waals surface area (Å²) >= 11 is 1.48. The Morgan fingerprint density at radius 2 is 1.89 bits per heavy atom. The lowest BCUT2D eigenvalue weighted by Gasteiger charge is -2.19.